The number of hydrogen-bond acceptors (Lipinski definition) is 4. The van der Waals surface area contributed by atoms with Gasteiger partial charge in [0.1, 0.15) is 0 Å². The molecular weight excluding hydrogens is 248 g/mol. The molecule has 4 nitrogen and oxygen atoms in total. The molecule has 2 rings (SSSR count). The first kappa shape index (κ1) is 12.8. The maximum absolute atomic E-state index is 11.8. The van der Waals surface area contributed by atoms with Gasteiger partial charge in [-0.15, -0.1) is 0 Å². The van der Waals surface area contributed by atoms with Crippen molar-refractivity contribution >= 4 is 28.9 Å². The molecule has 1 amide bonds. The first-order valence-corrected chi connectivity index (χ1v) is 6.57. The van der Waals surface area contributed by atoms with Gasteiger partial charge in [0.05, 0.1) is 0 Å². The lowest BCUT2D eigenvalue weighted by atomic mass is 10.2. The molecule has 0 N–H and O–H groups in total. The number of likely N-dealkylation sites (tertiary alicyclic amines) is 1. The highest BCUT2D eigenvalue weighted by Crippen LogP contribution is 2.22. The van der Waals surface area contributed by atoms with Crippen LogP contribution >= 0.6 is 11.8 Å². The first-order valence-electron chi connectivity index (χ1n) is 5.69. The summed E-state index contributed by atoms with van der Waals surface area (Å²) >= 11 is 1.31. The van der Waals surface area contributed by atoms with E-state index >= 15 is 0 Å². The third kappa shape index (κ3) is 3.43. The van der Waals surface area contributed by atoms with E-state index in [0.717, 1.165) is 5.56 Å². The van der Waals surface area contributed by atoms with E-state index in [1.54, 1.807) is 36.4 Å². The van der Waals surface area contributed by atoms with Gasteiger partial charge in [0.2, 0.25) is 5.91 Å². The van der Waals surface area contributed by atoms with Crippen molar-refractivity contribution in [2.75, 3.05) is 13.1 Å². The second kappa shape index (κ2) is 5.82. The summed E-state index contributed by atoms with van der Waals surface area (Å²) in [6, 6.07) is 3.72. The quantitative estimate of drug-likeness (QED) is 0.776. The molecule has 2 heterocycles. The topological polar surface area (TPSA) is 50.3 Å². The molecular formula is C13H14N2O2S. The third-order valence-corrected chi connectivity index (χ3v) is 3.56. The van der Waals surface area contributed by atoms with Crippen LogP contribution in [0.5, 0.6) is 0 Å². The van der Waals surface area contributed by atoms with Gasteiger partial charge in [-0.3, -0.25) is 14.6 Å². The van der Waals surface area contributed by atoms with Gasteiger partial charge in [0.15, 0.2) is 5.12 Å². The zero-order valence-corrected chi connectivity index (χ0v) is 10.9. The summed E-state index contributed by atoms with van der Waals surface area (Å²) in [5.74, 6) is -0.0146. The average molecular weight is 262 g/mol. The molecule has 0 unspecified atom stereocenters. The Morgan fingerprint density at radius 3 is 2.89 bits per heavy atom. The van der Waals surface area contributed by atoms with E-state index in [9.17, 15) is 9.59 Å². The molecule has 0 aromatic carbocycles. The highest BCUT2D eigenvalue weighted by molar-refractivity contribution is 8.14. The molecule has 0 spiro atoms. The van der Waals surface area contributed by atoms with Gasteiger partial charge in [0.25, 0.3) is 0 Å². The van der Waals surface area contributed by atoms with Crippen molar-refractivity contribution in [2.24, 2.45) is 0 Å². The maximum Gasteiger partial charge on any atom is 0.246 e. The summed E-state index contributed by atoms with van der Waals surface area (Å²) in [5, 5.41) is 0.372. The van der Waals surface area contributed by atoms with Gasteiger partial charge in [-0.1, -0.05) is 17.8 Å². The van der Waals surface area contributed by atoms with E-state index in [4.69, 9.17) is 0 Å². The smallest absolute Gasteiger partial charge is 0.246 e. The lowest BCUT2D eigenvalue weighted by molar-refractivity contribution is -0.129. The molecule has 18 heavy (non-hydrogen) atoms. The van der Waals surface area contributed by atoms with Crippen molar-refractivity contribution in [3.8, 4) is 0 Å². The lowest BCUT2D eigenvalue weighted by Gasteiger charge is -2.37. The van der Waals surface area contributed by atoms with Crippen LogP contribution in [-0.2, 0) is 9.59 Å². The SMILES string of the molecule is CC(=O)SC1CN(C(=O)/C=C/c2cccnc2)C1. The number of amides is 1. The van der Waals surface area contributed by atoms with Crippen LogP contribution in [0.2, 0.25) is 0 Å². The Morgan fingerprint density at radius 1 is 1.50 bits per heavy atom. The minimum Gasteiger partial charge on any atom is -0.337 e. The number of carbonyl (C=O) groups excluding carboxylic acids is 2. The number of thioether (sulfide) groups is 1. The molecule has 94 valence electrons. The molecule has 1 aromatic rings. The van der Waals surface area contributed by atoms with Crippen molar-refractivity contribution in [3.63, 3.8) is 0 Å². The normalized spacial score (nSPS) is 15.7. The predicted molar refractivity (Wildman–Crippen MR) is 71.9 cm³/mol. The Kier molecular flexibility index (Phi) is 4.15. The van der Waals surface area contributed by atoms with E-state index in [-0.39, 0.29) is 16.3 Å². The van der Waals surface area contributed by atoms with Gasteiger partial charge in [-0.2, -0.15) is 0 Å². The summed E-state index contributed by atoms with van der Waals surface area (Å²) in [5.41, 5.74) is 0.904. The van der Waals surface area contributed by atoms with E-state index in [0.29, 0.717) is 13.1 Å². The zero-order valence-electron chi connectivity index (χ0n) is 10.1. The number of aromatic nitrogens is 1. The number of pyridine rings is 1. The van der Waals surface area contributed by atoms with Crippen LogP contribution in [0.25, 0.3) is 6.08 Å². The molecule has 0 radical (unpaired) electrons. The van der Waals surface area contributed by atoms with Crippen LogP contribution in [0.15, 0.2) is 30.6 Å². The molecule has 0 atom stereocenters. The Labute approximate surface area is 110 Å². The maximum atomic E-state index is 11.8. The van der Waals surface area contributed by atoms with Crippen LogP contribution in [0.3, 0.4) is 0 Å². The fourth-order valence-electron chi connectivity index (χ4n) is 1.67. The fraction of sp³-hybridized carbons (Fsp3) is 0.308. The summed E-state index contributed by atoms with van der Waals surface area (Å²) in [4.78, 5) is 28.3. The van der Waals surface area contributed by atoms with Gasteiger partial charge < -0.3 is 4.90 Å². The second-order valence-electron chi connectivity index (χ2n) is 4.09. The zero-order chi connectivity index (χ0) is 13.0. The second-order valence-corrected chi connectivity index (χ2v) is 5.57. The molecule has 0 saturated carbocycles. The fourth-order valence-corrected chi connectivity index (χ4v) is 2.65. The van der Waals surface area contributed by atoms with Crippen molar-refractivity contribution in [2.45, 2.75) is 12.2 Å². The Morgan fingerprint density at radius 2 is 2.28 bits per heavy atom. The van der Waals surface area contributed by atoms with E-state index in [2.05, 4.69) is 4.98 Å². The van der Waals surface area contributed by atoms with E-state index in [1.165, 1.54) is 11.8 Å². The molecule has 0 bridgehead atoms. The third-order valence-electron chi connectivity index (χ3n) is 2.60. The minimum absolute atomic E-state index is 0.0146. The summed E-state index contributed by atoms with van der Waals surface area (Å²) < 4.78 is 0. The van der Waals surface area contributed by atoms with Crippen molar-refractivity contribution in [1.82, 2.24) is 9.88 Å². The standard InChI is InChI=1S/C13H14N2O2S/c1-10(16)18-12-8-15(9-12)13(17)5-4-11-3-2-6-14-7-11/h2-7,12H,8-9H2,1H3/b5-4+. The van der Waals surface area contributed by atoms with Gasteiger partial charge in [-0.05, 0) is 17.7 Å². The van der Waals surface area contributed by atoms with Crippen molar-refractivity contribution < 1.29 is 9.59 Å². The monoisotopic (exact) mass is 262 g/mol. The Bertz CT molecular complexity index is 467. The largest absolute Gasteiger partial charge is 0.337 e. The van der Waals surface area contributed by atoms with Crippen molar-refractivity contribution in [3.05, 3.63) is 36.2 Å². The molecule has 1 fully saturated rings. The highest BCUT2D eigenvalue weighted by atomic mass is 32.2. The minimum atomic E-state index is -0.0146. The number of rotatable bonds is 3. The summed E-state index contributed by atoms with van der Waals surface area (Å²) in [6.07, 6.45) is 6.69. The molecule has 5 heteroatoms. The van der Waals surface area contributed by atoms with Gasteiger partial charge >= 0.3 is 0 Å². The van der Waals surface area contributed by atoms with Crippen LogP contribution < -0.4 is 0 Å². The number of carbonyl (C=O) groups is 2. The highest BCUT2D eigenvalue weighted by Gasteiger charge is 2.30. The summed E-state index contributed by atoms with van der Waals surface area (Å²) in [7, 11) is 0. The molecule has 0 aliphatic carbocycles. The molecule has 1 aliphatic heterocycles. The van der Waals surface area contributed by atoms with Crippen LogP contribution in [-0.4, -0.2) is 39.2 Å². The lowest BCUT2D eigenvalue weighted by Crippen LogP contribution is -2.51. The predicted octanol–water partition coefficient (Wildman–Crippen LogP) is 1.59. The molecule has 1 saturated heterocycles. The Balaban J connectivity index is 1.81. The number of nitrogens with zero attached hydrogens (tertiary/aromatic N) is 2. The van der Waals surface area contributed by atoms with Crippen molar-refractivity contribution in [1.29, 1.82) is 0 Å². The average Bonchev–Trinajstić information content (AvgIpc) is 2.31. The summed E-state index contributed by atoms with van der Waals surface area (Å²) in [6.45, 7) is 2.86. The first-order chi connectivity index (χ1) is 8.65. The number of hydrogen-bond donors (Lipinski definition) is 0. The van der Waals surface area contributed by atoms with Crippen LogP contribution in [0.4, 0.5) is 0 Å². The van der Waals surface area contributed by atoms with Crippen LogP contribution in [0.1, 0.15) is 12.5 Å². The van der Waals surface area contributed by atoms with Gasteiger partial charge in [0, 0.05) is 43.7 Å². The van der Waals surface area contributed by atoms with Gasteiger partial charge in [-0.25, -0.2) is 0 Å². The van der Waals surface area contributed by atoms with Crippen LogP contribution in [0, 0.1) is 0 Å². The Hall–Kier alpha value is -1.62. The molecule has 1 aliphatic rings. The van der Waals surface area contributed by atoms with E-state index < -0.39 is 0 Å². The molecule has 1 aromatic heterocycles. The van der Waals surface area contributed by atoms with E-state index in [1.807, 2.05) is 12.1 Å².